The van der Waals surface area contributed by atoms with E-state index in [0.29, 0.717) is 5.56 Å². The van der Waals surface area contributed by atoms with Gasteiger partial charge in [0.1, 0.15) is 6.07 Å². The van der Waals surface area contributed by atoms with Crippen LogP contribution in [-0.2, 0) is 0 Å². The summed E-state index contributed by atoms with van der Waals surface area (Å²) in [5.74, 6) is 0. The van der Waals surface area contributed by atoms with Crippen molar-refractivity contribution in [1.29, 1.82) is 5.26 Å². The van der Waals surface area contributed by atoms with Crippen molar-refractivity contribution in [2.75, 3.05) is 6.26 Å². The molecule has 0 aliphatic rings. The maximum Gasteiger partial charge on any atom is 0.103 e. The van der Waals surface area contributed by atoms with Gasteiger partial charge in [0.05, 0.1) is 21.0 Å². The number of benzene rings is 1. The van der Waals surface area contributed by atoms with Gasteiger partial charge in [-0.2, -0.15) is 10.4 Å². The van der Waals surface area contributed by atoms with Gasteiger partial charge in [0.2, 0.25) is 0 Å². The van der Waals surface area contributed by atoms with E-state index in [4.69, 9.17) is 0 Å². The van der Waals surface area contributed by atoms with Gasteiger partial charge >= 0.3 is 0 Å². The molecule has 0 fully saturated rings. The summed E-state index contributed by atoms with van der Waals surface area (Å²) < 4.78 is 2.79. The van der Waals surface area contributed by atoms with Crippen LogP contribution in [0.5, 0.6) is 0 Å². The van der Waals surface area contributed by atoms with E-state index in [1.807, 2.05) is 30.7 Å². The molecule has 1 aromatic heterocycles. The molecule has 0 amide bonds. The van der Waals surface area contributed by atoms with Crippen molar-refractivity contribution in [3.05, 3.63) is 39.7 Å². The van der Waals surface area contributed by atoms with E-state index >= 15 is 0 Å². The Morgan fingerprint density at radius 3 is 2.88 bits per heavy atom. The number of rotatable bonds is 2. The van der Waals surface area contributed by atoms with Crippen LogP contribution in [-0.4, -0.2) is 16.0 Å². The highest BCUT2D eigenvalue weighted by Gasteiger charge is 2.09. The number of halogens is 1. The van der Waals surface area contributed by atoms with Crippen molar-refractivity contribution in [3.8, 4) is 11.8 Å². The van der Waals surface area contributed by atoms with Gasteiger partial charge in [0.25, 0.3) is 0 Å². The minimum Gasteiger partial charge on any atom is -0.239 e. The predicted octanol–water partition coefficient (Wildman–Crippen LogP) is 3.07. The lowest BCUT2D eigenvalue weighted by Crippen LogP contribution is -1.98. The first-order valence-corrected chi connectivity index (χ1v) is 6.84. The summed E-state index contributed by atoms with van der Waals surface area (Å²) in [6.07, 6.45) is 5.64. The van der Waals surface area contributed by atoms with Gasteiger partial charge in [0, 0.05) is 11.1 Å². The summed E-state index contributed by atoms with van der Waals surface area (Å²) in [6.45, 7) is 0. The van der Waals surface area contributed by atoms with Crippen LogP contribution in [0, 0.1) is 14.9 Å². The fourth-order valence-corrected chi connectivity index (χ4v) is 2.38. The molecular weight excluding hydrogens is 333 g/mol. The average molecular weight is 341 g/mol. The first kappa shape index (κ1) is 11.5. The smallest absolute Gasteiger partial charge is 0.103 e. The van der Waals surface area contributed by atoms with Gasteiger partial charge in [-0.15, -0.1) is 11.8 Å². The van der Waals surface area contributed by atoms with Crippen LogP contribution < -0.4 is 0 Å². The molecule has 0 saturated carbocycles. The summed E-state index contributed by atoms with van der Waals surface area (Å²) in [6, 6.07) is 8.03. The summed E-state index contributed by atoms with van der Waals surface area (Å²) in [4.78, 5) is 0.977. The lowest BCUT2D eigenvalue weighted by atomic mass is 10.2. The molecule has 1 heterocycles. The molecule has 3 nitrogen and oxygen atoms in total. The Kier molecular flexibility index (Phi) is 3.51. The van der Waals surface area contributed by atoms with Crippen LogP contribution in [0.25, 0.3) is 5.69 Å². The van der Waals surface area contributed by atoms with E-state index < -0.39 is 0 Å². The summed E-state index contributed by atoms with van der Waals surface area (Å²) in [5.41, 5.74) is 1.51. The monoisotopic (exact) mass is 341 g/mol. The topological polar surface area (TPSA) is 41.6 Å². The van der Waals surface area contributed by atoms with E-state index in [1.54, 1.807) is 22.6 Å². The molecule has 0 aliphatic heterocycles. The Morgan fingerprint density at radius 2 is 2.31 bits per heavy atom. The number of thioether (sulfide) groups is 1. The summed E-state index contributed by atoms with van der Waals surface area (Å²) in [5, 5.41) is 13.4. The molecule has 2 aromatic rings. The number of hydrogen-bond acceptors (Lipinski definition) is 3. The number of hydrogen-bond donors (Lipinski definition) is 0. The SMILES string of the molecule is CSc1cccc(-n2cc(I)cn2)c1C#N. The predicted molar refractivity (Wildman–Crippen MR) is 72.8 cm³/mol. The molecule has 5 heteroatoms. The maximum atomic E-state index is 9.19. The van der Waals surface area contributed by atoms with Crippen molar-refractivity contribution in [2.24, 2.45) is 0 Å². The third kappa shape index (κ3) is 2.08. The minimum absolute atomic E-state index is 0.675. The Balaban J connectivity index is 2.61. The van der Waals surface area contributed by atoms with Gasteiger partial charge in [0.15, 0.2) is 0 Å². The Bertz CT molecular complexity index is 557. The van der Waals surface area contributed by atoms with E-state index in [9.17, 15) is 5.26 Å². The molecule has 16 heavy (non-hydrogen) atoms. The second kappa shape index (κ2) is 4.89. The lowest BCUT2D eigenvalue weighted by molar-refractivity contribution is 0.873. The lowest BCUT2D eigenvalue weighted by Gasteiger charge is -2.06. The summed E-state index contributed by atoms with van der Waals surface area (Å²) >= 11 is 3.77. The van der Waals surface area contributed by atoms with E-state index in [2.05, 4.69) is 33.8 Å². The van der Waals surface area contributed by atoms with E-state index in [1.165, 1.54) is 0 Å². The molecule has 0 spiro atoms. The first-order valence-electron chi connectivity index (χ1n) is 4.54. The summed E-state index contributed by atoms with van der Waals surface area (Å²) in [7, 11) is 0. The van der Waals surface area contributed by atoms with Crippen LogP contribution in [0.4, 0.5) is 0 Å². The standard InChI is InChI=1S/C11H8IN3S/c1-16-11-4-2-3-10(9(11)5-13)15-7-8(12)6-14-15/h2-4,6-7H,1H3. The molecule has 0 N–H and O–H groups in total. The Morgan fingerprint density at radius 1 is 1.50 bits per heavy atom. The molecule has 0 radical (unpaired) electrons. The fourth-order valence-electron chi connectivity index (χ4n) is 1.43. The highest BCUT2D eigenvalue weighted by molar-refractivity contribution is 14.1. The van der Waals surface area contributed by atoms with Crippen LogP contribution in [0.2, 0.25) is 0 Å². The van der Waals surface area contributed by atoms with Crippen molar-refractivity contribution in [1.82, 2.24) is 9.78 Å². The van der Waals surface area contributed by atoms with Gasteiger partial charge in [-0.1, -0.05) is 6.07 Å². The number of nitrogens with zero attached hydrogens (tertiary/aromatic N) is 3. The molecule has 80 valence electrons. The number of aromatic nitrogens is 2. The maximum absolute atomic E-state index is 9.19. The molecule has 0 unspecified atom stereocenters. The normalized spacial score (nSPS) is 10.1. The average Bonchev–Trinajstić information content (AvgIpc) is 2.74. The molecule has 2 rings (SSSR count). The van der Waals surface area contributed by atoms with Crippen LogP contribution >= 0.6 is 34.4 Å². The van der Waals surface area contributed by atoms with Crippen molar-refractivity contribution >= 4 is 34.4 Å². The largest absolute Gasteiger partial charge is 0.239 e. The van der Waals surface area contributed by atoms with Crippen molar-refractivity contribution in [2.45, 2.75) is 4.90 Å². The molecule has 0 aliphatic carbocycles. The van der Waals surface area contributed by atoms with Gasteiger partial charge in [-0.3, -0.25) is 0 Å². The van der Waals surface area contributed by atoms with Crippen LogP contribution in [0.15, 0.2) is 35.5 Å². The Labute approximate surface area is 112 Å². The second-order valence-electron chi connectivity index (χ2n) is 3.07. The molecule has 0 bridgehead atoms. The molecule has 0 atom stereocenters. The fraction of sp³-hybridized carbons (Fsp3) is 0.0909. The van der Waals surface area contributed by atoms with Gasteiger partial charge < -0.3 is 0 Å². The van der Waals surface area contributed by atoms with Crippen molar-refractivity contribution in [3.63, 3.8) is 0 Å². The van der Waals surface area contributed by atoms with Crippen molar-refractivity contribution < 1.29 is 0 Å². The Hall–Kier alpha value is -1.00. The molecule has 0 saturated heterocycles. The third-order valence-corrected chi connectivity index (χ3v) is 3.47. The zero-order chi connectivity index (χ0) is 11.5. The van der Waals surface area contributed by atoms with Crippen LogP contribution in [0.3, 0.4) is 0 Å². The zero-order valence-electron chi connectivity index (χ0n) is 8.51. The number of nitriles is 1. The highest BCUT2D eigenvalue weighted by Crippen LogP contribution is 2.25. The third-order valence-electron chi connectivity index (χ3n) is 2.13. The second-order valence-corrected chi connectivity index (χ2v) is 5.16. The van der Waals surface area contributed by atoms with E-state index in [-0.39, 0.29) is 0 Å². The van der Waals surface area contributed by atoms with Crippen LogP contribution in [0.1, 0.15) is 5.56 Å². The molecule has 1 aromatic carbocycles. The van der Waals surface area contributed by atoms with E-state index in [0.717, 1.165) is 14.2 Å². The minimum atomic E-state index is 0.675. The first-order chi connectivity index (χ1) is 7.76. The highest BCUT2D eigenvalue weighted by atomic mass is 127. The molecular formula is C11H8IN3S. The quantitative estimate of drug-likeness (QED) is 0.623. The van der Waals surface area contributed by atoms with Gasteiger partial charge in [-0.05, 0) is 41.0 Å². The zero-order valence-corrected chi connectivity index (χ0v) is 11.5. The van der Waals surface area contributed by atoms with Gasteiger partial charge in [-0.25, -0.2) is 4.68 Å².